The van der Waals surface area contributed by atoms with Crippen molar-refractivity contribution in [3.05, 3.63) is 51.2 Å². The van der Waals surface area contributed by atoms with E-state index in [2.05, 4.69) is 5.32 Å². The molecule has 0 radical (unpaired) electrons. The Labute approximate surface area is 128 Å². The van der Waals surface area contributed by atoms with Crippen molar-refractivity contribution < 1.29 is 9.59 Å². The molecule has 21 heavy (non-hydrogen) atoms. The van der Waals surface area contributed by atoms with Crippen molar-refractivity contribution in [3.8, 4) is 0 Å². The summed E-state index contributed by atoms with van der Waals surface area (Å²) in [6.45, 7) is 3.91. The molecule has 0 fully saturated rings. The van der Waals surface area contributed by atoms with E-state index in [1.807, 2.05) is 19.9 Å². The molecule has 4 nitrogen and oxygen atoms in total. The molecule has 0 bridgehead atoms. The third-order valence-corrected chi connectivity index (χ3v) is 4.03. The van der Waals surface area contributed by atoms with E-state index in [1.165, 1.54) is 4.90 Å². The molecule has 0 spiro atoms. The average molecular weight is 302 g/mol. The van der Waals surface area contributed by atoms with Gasteiger partial charge in [-0.3, -0.25) is 9.59 Å². The quantitative estimate of drug-likeness (QED) is 0.945. The van der Waals surface area contributed by atoms with Gasteiger partial charge in [0.1, 0.15) is 0 Å². The molecular weight excluding hydrogens is 284 g/mol. The molecule has 0 atom stereocenters. The van der Waals surface area contributed by atoms with Gasteiger partial charge in [0.05, 0.1) is 5.56 Å². The first kappa shape index (κ1) is 15.3. The highest BCUT2D eigenvalue weighted by Crippen LogP contribution is 2.22. The van der Waals surface area contributed by atoms with Gasteiger partial charge >= 0.3 is 0 Å². The third-order valence-electron chi connectivity index (χ3n) is 3.06. The number of benzene rings is 1. The Morgan fingerprint density at radius 2 is 1.86 bits per heavy atom. The lowest BCUT2D eigenvalue weighted by atomic mass is 10.1. The molecule has 0 aliphatic rings. The molecule has 2 rings (SSSR count). The van der Waals surface area contributed by atoms with Crippen LogP contribution in [0.1, 0.15) is 30.5 Å². The smallest absolute Gasteiger partial charge is 0.256 e. The van der Waals surface area contributed by atoms with Crippen molar-refractivity contribution in [2.24, 2.45) is 0 Å². The summed E-state index contributed by atoms with van der Waals surface area (Å²) in [4.78, 5) is 27.8. The number of hydrogen-bond acceptors (Lipinski definition) is 3. The number of aryl methyl sites for hydroxylation is 2. The predicted molar refractivity (Wildman–Crippen MR) is 86.2 cm³/mol. The molecule has 2 aromatic rings. The fourth-order valence-corrected chi connectivity index (χ4v) is 2.96. The molecule has 1 heterocycles. The normalized spacial score (nSPS) is 10.3. The average Bonchev–Trinajstić information content (AvgIpc) is 2.77. The molecule has 0 unspecified atom stereocenters. The molecule has 0 aliphatic carbocycles. The first-order valence-corrected chi connectivity index (χ1v) is 7.40. The molecule has 110 valence electrons. The third kappa shape index (κ3) is 3.49. The zero-order valence-electron chi connectivity index (χ0n) is 12.6. The van der Waals surface area contributed by atoms with E-state index in [4.69, 9.17) is 0 Å². The lowest BCUT2D eigenvalue weighted by Gasteiger charge is -2.11. The summed E-state index contributed by atoms with van der Waals surface area (Å²) < 4.78 is 0. The second-order valence-corrected chi connectivity index (χ2v) is 6.52. The van der Waals surface area contributed by atoms with Crippen LogP contribution in [0.3, 0.4) is 0 Å². The lowest BCUT2D eigenvalue weighted by molar-refractivity contribution is 0.0827. The molecule has 0 saturated heterocycles. The van der Waals surface area contributed by atoms with E-state index in [0.717, 1.165) is 9.75 Å². The van der Waals surface area contributed by atoms with Crippen molar-refractivity contribution in [2.75, 3.05) is 19.4 Å². The highest BCUT2D eigenvalue weighted by Gasteiger charge is 2.13. The first-order valence-electron chi connectivity index (χ1n) is 6.58. The zero-order valence-corrected chi connectivity index (χ0v) is 13.4. The summed E-state index contributed by atoms with van der Waals surface area (Å²) in [5.41, 5.74) is 1.86. The molecular formula is C16H18N2O2S. The van der Waals surface area contributed by atoms with Crippen LogP contribution in [0.4, 0.5) is 5.69 Å². The molecule has 5 heteroatoms. The topological polar surface area (TPSA) is 49.4 Å². The fourth-order valence-electron chi connectivity index (χ4n) is 2.04. The van der Waals surface area contributed by atoms with Crippen LogP contribution in [0.15, 0.2) is 30.3 Å². The van der Waals surface area contributed by atoms with Crippen LogP contribution in [0.5, 0.6) is 0 Å². The van der Waals surface area contributed by atoms with Crippen LogP contribution in [-0.4, -0.2) is 30.8 Å². The Kier molecular flexibility index (Phi) is 4.43. The number of thiophene rings is 1. The number of nitrogens with one attached hydrogen (secondary N) is 1. The van der Waals surface area contributed by atoms with E-state index < -0.39 is 0 Å². The molecule has 1 aromatic carbocycles. The standard InChI is InChI=1S/C16H18N2O2S/c1-10-8-14(11(2)21-10)15(19)17-13-7-5-6-12(9-13)16(20)18(3)4/h5-9H,1-4H3,(H,17,19). The Morgan fingerprint density at radius 1 is 1.14 bits per heavy atom. The minimum absolute atomic E-state index is 0.0892. The minimum Gasteiger partial charge on any atom is -0.345 e. The number of nitrogens with zero attached hydrogens (tertiary/aromatic N) is 1. The largest absolute Gasteiger partial charge is 0.345 e. The SMILES string of the molecule is Cc1cc(C(=O)Nc2cccc(C(=O)N(C)C)c2)c(C)s1. The lowest BCUT2D eigenvalue weighted by Crippen LogP contribution is -2.22. The molecule has 0 saturated carbocycles. The van der Waals surface area contributed by atoms with Gasteiger partial charge in [0.15, 0.2) is 0 Å². The van der Waals surface area contributed by atoms with Crippen molar-refractivity contribution in [1.29, 1.82) is 0 Å². The van der Waals surface area contributed by atoms with Gasteiger partial charge in [-0.05, 0) is 38.1 Å². The number of amides is 2. The highest BCUT2D eigenvalue weighted by molar-refractivity contribution is 7.12. The monoisotopic (exact) mass is 302 g/mol. The van der Waals surface area contributed by atoms with Crippen molar-refractivity contribution in [1.82, 2.24) is 4.90 Å². The van der Waals surface area contributed by atoms with E-state index in [1.54, 1.807) is 49.7 Å². The van der Waals surface area contributed by atoms with Gasteiger partial charge in [-0.25, -0.2) is 0 Å². The maximum absolute atomic E-state index is 12.3. The maximum Gasteiger partial charge on any atom is 0.256 e. The summed E-state index contributed by atoms with van der Waals surface area (Å²) in [7, 11) is 3.40. The number of carbonyl (C=O) groups is 2. The molecule has 1 N–H and O–H groups in total. The number of hydrogen-bond donors (Lipinski definition) is 1. The molecule has 0 aliphatic heterocycles. The van der Waals surface area contributed by atoms with Crippen LogP contribution < -0.4 is 5.32 Å². The fraction of sp³-hybridized carbons (Fsp3) is 0.250. The van der Waals surface area contributed by atoms with Crippen molar-refractivity contribution >= 4 is 28.8 Å². The molecule has 2 amide bonds. The summed E-state index contributed by atoms with van der Waals surface area (Å²) >= 11 is 1.60. The van der Waals surface area contributed by atoms with Crippen LogP contribution in [0, 0.1) is 13.8 Å². The van der Waals surface area contributed by atoms with Crippen LogP contribution in [-0.2, 0) is 0 Å². The number of carbonyl (C=O) groups excluding carboxylic acids is 2. The second-order valence-electron chi connectivity index (χ2n) is 5.06. The Balaban J connectivity index is 2.20. The van der Waals surface area contributed by atoms with Gasteiger partial charge in [-0.15, -0.1) is 11.3 Å². The Bertz CT molecular complexity index is 689. The second kappa shape index (κ2) is 6.10. The summed E-state index contributed by atoms with van der Waals surface area (Å²) in [6, 6.07) is 8.84. The predicted octanol–water partition coefficient (Wildman–Crippen LogP) is 3.32. The van der Waals surface area contributed by atoms with Gasteiger partial charge in [0, 0.05) is 35.1 Å². The van der Waals surface area contributed by atoms with E-state index in [9.17, 15) is 9.59 Å². The zero-order chi connectivity index (χ0) is 15.6. The first-order chi connectivity index (χ1) is 9.88. The van der Waals surface area contributed by atoms with Crippen LogP contribution >= 0.6 is 11.3 Å². The van der Waals surface area contributed by atoms with Gasteiger partial charge in [-0.2, -0.15) is 0 Å². The number of rotatable bonds is 3. The van der Waals surface area contributed by atoms with E-state index in [0.29, 0.717) is 16.8 Å². The van der Waals surface area contributed by atoms with Gasteiger partial charge in [-0.1, -0.05) is 6.07 Å². The summed E-state index contributed by atoms with van der Waals surface area (Å²) in [5.74, 6) is -0.236. The van der Waals surface area contributed by atoms with Crippen molar-refractivity contribution in [2.45, 2.75) is 13.8 Å². The minimum atomic E-state index is -0.147. The van der Waals surface area contributed by atoms with Gasteiger partial charge in [0.2, 0.25) is 0 Å². The summed E-state index contributed by atoms with van der Waals surface area (Å²) in [6.07, 6.45) is 0. The highest BCUT2D eigenvalue weighted by atomic mass is 32.1. The Hall–Kier alpha value is -2.14. The van der Waals surface area contributed by atoms with Gasteiger partial charge in [0.25, 0.3) is 11.8 Å². The van der Waals surface area contributed by atoms with Crippen LogP contribution in [0.2, 0.25) is 0 Å². The Morgan fingerprint density at radius 3 is 2.43 bits per heavy atom. The summed E-state index contributed by atoms with van der Waals surface area (Å²) in [5, 5.41) is 2.84. The van der Waals surface area contributed by atoms with Gasteiger partial charge < -0.3 is 10.2 Å². The van der Waals surface area contributed by atoms with Crippen LogP contribution in [0.25, 0.3) is 0 Å². The number of anilines is 1. The van der Waals surface area contributed by atoms with E-state index >= 15 is 0 Å². The maximum atomic E-state index is 12.3. The van der Waals surface area contributed by atoms with Crippen molar-refractivity contribution in [3.63, 3.8) is 0 Å². The van der Waals surface area contributed by atoms with E-state index in [-0.39, 0.29) is 11.8 Å². The molecule has 1 aromatic heterocycles.